The van der Waals surface area contributed by atoms with Gasteiger partial charge in [-0.15, -0.1) is 0 Å². The summed E-state index contributed by atoms with van der Waals surface area (Å²) in [6.45, 7) is 1.40. The van der Waals surface area contributed by atoms with Crippen molar-refractivity contribution in [3.8, 4) is 0 Å². The molecule has 112 valence electrons. The number of para-hydroxylation sites is 1. The van der Waals surface area contributed by atoms with Gasteiger partial charge in [0, 0.05) is 19.8 Å². The first-order valence-corrected chi connectivity index (χ1v) is 7.26. The van der Waals surface area contributed by atoms with Gasteiger partial charge in [0.25, 0.3) is 0 Å². The van der Waals surface area contributed by atoms with E-state index in [0.29, 0.717) is 49.1 Å². The van der Waals surface area contributed by atoms with Crippen molar-refractivity contribution in [2.24, 2.45) is 11.1 Å². The largest absolute Gasteiger partial charge is 0.381 e. The van der Waals surface area contributed by atoms with Crippen molar-refractivity contribution >= 4 is 34.5 Å². The molecule has 2 aromatic rings. The van der Waals surface area contributed by atoms with Crippen LogP contribution in [0.2, 0.25) is 5.02 Å². The van der Waals surface area contributed by atoms with E-state index in [9.17, 15) is 4.79 Å². The number of nitrogens with zero attached hydrogens (tertiary/aromatic N) is 1. The smallest absolute Gasteiger partial charge is 0.234 e. The highest BCUT2D eigenvalue weighted by molar-refractivity contribution is 6.35. The van der Waals surface area contributed by atoms with Crippen molar-refractivity contribution in [2.45, 2.75) is 12.8 Å². The van der Waals surface area contributed by atoms with Crippen LogP contribution in [0.15, 0.2) is 18.2 Å². The van der Waals surface area contributed by atoms with E-state index in [1.54, 1.807) is 6.07 Å². The Hall–Kier alpha value is -1.63. The van der Waals surface area contributed by atoms with Gasteiger partial charge in [-0.3, -0.25) is 10.1 Å². The summed E-state index contributed by atoms with van der Waals surface area (Å²) in [5, 5.41) is 3.37. The fraction of sp³-hybridized carbons (Fsp3) is 0.429. The summed E-state index contributed by atoms with van der Waals surface area (Å²) in [6.07, 6.45) is 1.24. The number of anilines is 1. The Morgan fingerprint density at radius 1 is 1.48 bits per heavy atom. The van der Waals surface area contributed by atoms with Crippen LogP contribution in [0.1, 0.15) is 12.8 Å². The van der Waals surface area contributed by atoms with Crippen LogP contribution < -0.4 is 11.1 Å². The second kappa shape index (κ2) is 5.63. The number of H-pyrrole nitrogens is 1. The Labute approximate surface area is 127 Å². The van der Waals surface area contributed by atoms with Gasteiger partial charge in [0.15, 0.2) is 0 Å². The van der Waals surface area contributed by atoms with Gasteiger partial charge in [0.05, 0.1) is 16.0 Å². The average molecular weight is 309 g/mol. The fourth-order valence-corrected chi connectivity index (χ4v) is 2.80. The molecule has 1 saturated heterocycles. The average Bonchev–Trinajstić information content (AvgIpc) is 2.92. The first-order valence-electron chi connectivity index (χ1n) is 6.88. The fourth-order valence-electron chi connectivity index (χ4n) is 2.58. The molecular weight excluding hydrogens is 292 g/mol. The van der Waals surface area contributed by atoms with Gasteiger partial charge in [-0.2, -0.15) is 0 Å². The van der Waals surface area contributed by atoms with Crippen LogP contribution in [0.4, 0.5) is 5.95 Å². The predicted molar refractivity (Wildman–Crippen MR) is 81.3 cm³/mol. The summed E-state index contributed by atoms with van der Waals surface area (Å²) in [5.41, 5.74) is 6.67. The van der Waals surface area contributed by atoms with Crippen molar-refractivity contribution in [2.75, 3.05) is 25.1 Å². The lowest BCUT2D eigenvalue weighted by atomic mass is 9.79. The van der Waals surface area contributed by atoms with Crippen molar-refractivity contribution in [1.82, 2.24) is 9.97 Å². The first kappa shape index (κ1) is 14.3. The molecule has 0 radical (unpaired) electrons. The maximum atomic E-state index is 12.5. The number of nitrogens with two attached hydrogens (primary N) is 1. The van der Waals surface area contributed by atoms with Gasteiger partial charge in [-0.25, -0.2) is 4.98 Å². The van der Waals surface area contributed by atoms with Gasteiger partial charge in [0.1, 0.15) is 5.52 Å². The molecule has 2 heterocycles. The predicted octanol–water partition coefficient (Wildman–Crippen LogP) is 1.91. The molecule has 0 spiro atoms. The van der Waals surface area contributed by atoms with Gasteiger partial charge in [0.2, 0.25) is 11.9 Å². The molecule has 1 aliphatic heterocycles. The minimum Gasteiger partial charge on any atom is -0.381 e. The van der Waals surface area contributed by atoms with Crippen molar-refractivity contribution in [3.05, 3.63) is 23.2 Å². The highest BCUT2D eigenvalue weighted by atomic mass is 35.5. The summed E-state index contributed by atoms with van der Waals surface area (Å²) >= 11 is 6.08. The van der Waals surface area contributed by atoms with E-state index < -0.39 is 5.41 Å². The van der Waals surface area contributed by atoms with Crippen molar-refractivity contribution < 1.29 is 9.53 Å². The lowest BCUT2D eigenvalue weighted by molar-refractivity contribution is -0.130. The Bertz CT molecular complexity index is 664. The topological polar surface area (TPSA) is 93.0 Å². The molecule has 6 nitrogen and oxygen atoms in total. The highest BCUT2D eigenvalue weighted by Crippen LogP contribution is 2.31. The quantitative estimate of drug-likeness (QED) is 0.807. The minimum absolute atomic E-state index is 0.122. The second-order valence-corrected chi connectivity index (χ2v) is 5.68. The van der Waals surface area contributed by atoms with Crippen LogP contribution >= 0.6 is 11.6 Å². The Morgan fingerprint density at radius 2 is 2.24 bits per heavy atom. The summed E-state index contributed by atoms with van der Waals surface area (Å²) in [7, 11) is 0. The number of carbonyl (C=O) groups is 1. The number of aromatic nitrogens is 2. The molecule has 0 aliphatic carbocycles. The molecule has 4 N–H and O–H groups in total. The molecule has 0 saturated carbocycles. The maximum absolute atomic E-state index is 12.5. The van der Waals surface area contributed by atoms with Gasteiger partial charge < -0.3 is 15.5 Å². The standard InChI is InChI=1S/C14H17ClN4O2/c15-9-2-1-3-10-11(9)18-13(17-10)19-12(20)14(8-16)4-6-21-7-5-14/h1-3H,4-8,16H2,(H2,17,18,19,20). The molecule has 1 aliphatic rings. The number of ether oxygens (including phenoxy) is 1. The van der Waals surface area contributed by atoms with Crippen molar-refractivity contribution in [1.29, 1.82) is 0 Å². The van der Waals surface area contributed by atoms with Crippen molar-refractivity contribution in [3.63, 3.8) is 0 Å². The van der Waals surface area contributed by atoms with Gasteiger partial charge >= 0.3 is 0 Å². The van der Waals surface area contributed by atoms with Crippen LogP contribution in [-0.4, -0.2) is 35.6 Å². The van der Waals surface area contributed by atoms with E-state index >= 15 is 0 Å². The van der Waals surface area contributed by atoms with E-state index in [-0.39, 0.29) is 5.91 Å². The highest BCUT2D eigenvalue weighted by Gasteiger charge is 2.39. The molecule has 1 amide bonds. The minimum atomic E-state index is -0.582. The maximum Gasteiger partial charge on any atom is 0.234 e. The van der Waals surface area contributed by atoms with Crippen LogP contribution in [-0.2, 0) is 9.53 Å². The normalized spacial score (nSPS) is 17.8. The number of rotatable bonds is 3. The third-order valence-corrected chi connectivity index (χ3v) is 4.32. The van der Waals surface area contributed by atoms with E-state index in [2.05, 4.69) is 15.3 Å². The number of aromatic amines is 1. The number of carbonyl (C=O) groups excluding carboxylic acids is 1. The molecule has 1 aromatic heterocycles. The number of benzene rings is 1. The first-order chi connectivity index (χ1) is 10.1. The van der Waals surface area contributed by atoms with Gasteiger partial charge in [-0.1, -0.05) is 17.7 Å². The van der Waals surface area contributed by atoms with Crippen LogP contribution in [0.5, 0.6) is 0 Å². The molecule has 21 heavy (non-hydrogen) atoms. The third-order valence-electron chi connectivity index (χ3n) is 4.02. The zero-order valence-corrected chi connectivity index (χ0v) is 12.2. The van der Waals surface area contributed by atoms with E-state index in [4.69, 9.17) is 22.1 Å². The van der Waals surface area contributed by atoms with Crippen LogP contribution in [0.3, 0.4) is 0 Å². The molecule has 1 aromatic carbocycles. The zero-order valence-electron chi connectivity index (χ0n) is 11.5. The molecule has 0 atom stereocenters. The Morgan fingerprint density at radius 3 is 2.90 bits per heavy atom. The molecular formula is C14H17ClN4O2. The molecule has 3 rings (SSSR count). The van der Waals surface area contributed by atoms with E-state index in [1.165, 1.54) is 0 Å². The number of fused-ring (bicyclic) bond motifs is 1. The Kier molecular flexibility index (Phi) is 3.84. The SMILES string of the molecule is NCC1(C(=O)Nc2nc3c(Cl)cccc3[nH]2)CCOCC1. The number of hydrogen-bond donors (Lipinski definition) is 3. The molecule has 7 heteroatoms. The number of nitrogens with one attached hydrogen (secondary N) is 2. The second-order valence-electron chi connectivity index (χ2n) is 5.27. The third kappa shape index (κ3) is 2.62. The van der Waals surface area contributed by atoms with Crippen LogP contribution in [0.25, 0.3) is 11.0 Å². The lowest BCUT2D eigenvalue weighted by Crippen LogP contribution is -2.46. The lowest BCUT2D eigenvalue weighted by Gasteiger charge is -2.34. The number of imidazole rings is 1. The summed E-state index contributed by atoms with van der Waals surface area (Å²) in [5.74, 6) is 0.269. The Balaban J connectivity index is 1.83. The van der Waals surface area contributed by atoms with E-state index in [0.717, 1.165) is 5.52 Å². The van der Waals surface area contributed by atoms with E-state index in [1.807, 2.05) is 12.1 Å². The van der Waals surface area contributed by atoms with Crippen LogP contribution in [0, 0.1) is 5.41 Å². The molecule has 0 unspecified atom stereocenters. The summed E-state index contributed by atoms with van der Waals surface area (Å²) in [4.78, 5) is 19.9. The summed E-state index contributed by atoms with van der Waals surface area (Å²) < 4.78 is 5.31. The van der Waals surface area contributed by atoms with Gasteiger partial charge in [-0.05, 0) is 25.0 Å². The zero-order chi connectivity index (χ0) is 14.9. The number of halogens is 1. The summed E-state index contributed by atoms with van der Waals surface area (Å²) in [6, 6.07) is 5.45. The number of amides is 1. The molecule has 1 fully saturated rings. The monoisotopic (exact) mass is 308 g/mol. The number of hydrogen-bond acceptors (Lipinski definition) is 4. The molecule has 0 bridgehead atoms.